The van der Waals surface area contributed by atoms with E-state index in [1.807, 2.05) is 0 Å². The van der Waals surface area contributed by atoms with Gasteiger partial charge in [-0.25, -0.2) is 21.1 Å². The molecule has 20 heavy (non-hydrogen) atoms. The molecule has 1 N–H and O–H groups in total. The van der Waals surface area contributed by atoms with Gasteiger partial charge >= 0.3 is 0 Å². The first-order valence-corrected chi connectivity index (χ1v) is 9.97. The molecular formula is C11H19N3O4S2. The van der Waals surface area contributed by atoms with E-state index in [4.69, 9.17) is 0 Å². The maximum atomic E-state index is 11.9. The average molecular weight is 321 g/mol. The van der Waals surface area contributed by atoms with Crippen LogP contribution in [0.1, 0.15) is 31.4 Å². The number of hydrogen-bond acceptors (Lipinski definition) is 5. The van der Waals surface area contributed by atoms with Crippen LogP contribution in [0.2, 0.25) is 0 Å². The highest BCUT2D eigenvalue weighted by atomic mass is 32.2. The smallest absolute Gasteiger partial charge is 0.213 e. The molecule has 1 atom stereocenters. The molecule has 1 aliphatic rings. The minimum absolute atomic E-state index is 0.0572. The van der Waals surface area contributed by atoms with Gasteiger partial charge in [0.1, 0.15) is 4.90 Å². The molecule has 1 unspecified atom stereocenters. The maximum absolute atomic E-state index is 11.9. The maximum Gasteiger partial charge on any atom is 0.213 e. The van der Waals surface area contributed by atoms with E-state index in [1.54, 1.807) is 6.92 Å². The summed E-state index contributed by atoms with van der Waals surface area (Å²) < 4.78 is 48.7. The third-order valence-electron chi connectivity index (χ3n) is 3.58. The summed E-state index contributed by atoms with van der Waals surface area (Å²) in [4.78, 5) is 0.165. The predicted molar refractivity (Wildman–Crippen MR) is 74.7 cm³/mol. The number of aromatic amines is 1. The van der Waals surface area contributed by atoms with E-state index < -0.39 is 19.9 Å². The van der Waals surface area contributed by atoms with Gasteiger partial charge in [0.05, 0.1) is 17.6 Å². The molecule has 0 spiro atoms. The molecule has 1 fully saturated rings. The Bertz CT molecular complexity index is 678. The Kier molecular flexibility index (Phi) is 4.22. The summed E-state index contributed by atoms with van der Waals surface area (Å²) in [5.41, 5.74) is 0.517. The molecular weight excluding hydrogens is 302 g/mol. The Morgan fingerprint density at radius 2 is 2.10 bits per heavy atom. The highest BCUT2D eigenvalue weighted by Crippen LogP contribution is 2.30. The zero-order valence-corrected chi connectivity index (χ0v) is 13.2. The van der Waals surface area contributed by atoms with E-state index in [0.717, 1.165) is 12.7 Å². The van der Waals surface area contributed by atoms with Crippen LogP contribution in [0, 0.1) is 0 Å². The number of sulfonamides is 1. The number of hydrogen-bond donors (Lipinski definition) is 1. The molecule has 1 saturated heterocycles. The molecule has 2 rings (SSSR count). The lowest BCUT2D eigenvalue weighted by molar-refractivity contribution is 0.311. The Morgan fingerprint density at radius 1 is 1.40 bits per heavy atom. The normalized spacial score (nSPS) is 22.0. The van der Waals surface area contributed by atoms with Crippen LogP contribution in [0.15, 0.2) is 11.1 Å². The number of H-pyrrole nitrogens is 1. The number of rotatable bonds is 4. The molecule has 0 saturated carbocycles. The fourth-order valence-electron chi connectivity index (χ4n) is 2.49. The number of nitrogens with one attached hydrogen (secondary N) is 1. The van der Waals surface area contributed by atoms with Crippen molar-refractivity contribution in [3.8, 4) is 0 Å². The van der Waals surface area contributed by atoms with Crippen LogP contribution in [0.4, 0.5) is 0 Å². The van der Waals surface area contributed by atoms with Crippen molar-refractivity contribution in [2.24, 2.45) is 0 Å². The predicted octanol–water partition coefficient (Wildman–Crippen LogP) is 0.342. The molecule has 2 heterocycles. The second-order valence-electron chi connectivity index (χ2n) is 5.02. The molecule has 1 aliphatic heterocycles. The quantitative estimate of drug-likeness (QED) is 0.862. The van der Waals surface area contributed by atoms with Gasteiger partial charge < -0.3 is 0 Å². The van der Waals surface area contributed by atoms with Gasteiger partial charge in [0.25, 0.3) is 0 Å². The summed E-state index contributed by atoms with van der Waals surface area (Å²) in [6, 6.07) is 0. The molecule has 7 nitrogen and oxygen atoms in total. The third kappa shape index (κ3) is 3.04. The van der Waals surface area contributed by atoms with E-state index in [2.05, 4.69) is 10.2 Å². The molecule has 0 aromatic carbocycles. The first-order chi connectivity index (χ1) is 9.25. The van der Waals surface area contributed by atoms with Crippen LogP contribution in [0.5, 0.6) is 0 Å². The fourth-order valence-corrected chi connectivity index (χ4v) is 4.52. The van der Waals surface area contributed by atoms with E-state index in [1.165, 1.54) is 10.5 Å². The minimum atomic E-state index is -3.36. The van der Waals surface area contributed by atoms with E-state index in [9.17, 15) is 16.8 Å². The molecule has 0 bridgehead atoms. The summed E-state index contributed by atoms with van der Waals surface area (Å²) in [5, 5.41) is 6.52. The van der Waals surface area contributed by atoms with Gasteiger partial charge in [-0.05, 0) is 19.8 Å². The highest BCUT2D eigenvalue weighted by molar-refractivity contribution is 7.90. The lowest BCUT2D eigenvalue weighted by Crippen LogP contribution is -2.40. The Morgan fingerprint density at radius 3 is 2.70 bits per heavy atom. The molecule has 9 heteroatoms. The summed E-state index contributed by atoms with van der Waals surface area (Å²) in [7, 11) is -6.60. The van der Waals surface area contributed by atoms with Gasteiger partial charge in [-0.3, -0.25) is 5.10 Å². The standard InChI is InChI=1S/C11H19N3O4S2/c1-3-20(17,18)14-6-4-5-9(8-14)11-10(7-12-13-11)19(2,15)16/h7,9H,3-6,8H2,1-2H3,(H,12,13). The SMILES string of the molecule is CCS(=O)(=O)N1CCCC(c2[nH]ncc2S(C)(=O)=O)C1. The zero-order chi connectivity index (χ0) is 15.0. The van der Waals surface area contributed by atoms with Gasteiger partial charge in [0, 0.05) is 25.3 Å². The molecule has 1 aromatic heterocycles. The van der Waals surface area contributed by atoms with Gasteiger partial charge in [-0.1, -0.05) is 0 Å². The third-order valence-corrected chi connectivity index (χ3v) is 6.55. The van der Waals surface area contributed by atoms with Crippen LogP contribution in [-0.2, 0) is 19.9 Å². The van der Waals surface area contributed by atoms with Gasteiger partial charge in [0.2, 0.25) is 10.0 Å². The second-order valence-corrected chi connectivity index (χ2v) is 9.26. The zero-order valence-electron chi connectivity index (χ0n) is 11.5. The van der Waals surface area contributed by atoms with E-state index in [-0.39, 0.29) is 16.6 Å². The van der Waals surface area contributed by atoms with Gasteiger partial charge in [-0.15, -0.1) is 0 Å². The first kappa shape index (κ1) is 15.5. The van der Waals surface area contributed by atoms with Gasteiger partial charge in [-0.2, -0.15) is 5.10 Å². The number of nitrogens with zero attached hydrogens (tertiary/aromatic N) is 2. The summed E-state index contributed by atoms with van der Waals surface area (Å²) >= 11 is 0. The molecule has 0 aliphatic carbocycles. The fraction of sp³-hybridized carbons (Fsp3) is 0.727. The van der Waals surface area contributed by atoms with Crippen molar-refractivity contribution in [1.82, 2.24) is 14.5 Å². The topological polar surface area (TPSA) is 100 Å². The number of aromatic nitrogens is 2. The van der Waals surface area contributed by atoms with Gasteiger partial charge in [0.15, 0.2) is 9.84 Å². The Hall–Kier alpha value is -0.930. The lowest BCUT2D eigenvalue weighted by Gasteiger charge is -2.31. The molecule has 114 valence electrons. The summed E-state index contributed by atoms with van der Waals surface area (Å²) in [6.07, 6.45) is 3.88. The first-order valence-electron chi connectivity index (χ1n) is 6.47. The van der Waals surface area contributed by atoms with Crippen LogP contribution < -0.4 is 0 Å². The molecule has 1 aromatic rings. The second kappa shape index (κ2) is 5.45. The van der Waals surface area contributed by atoms with Crippen molar-refractivity contribution in [3.63, 3.8) is 0 Å². The Balaban J connectivity index is 2.29. The number of piperidine rings is 1. The van der Waals surface area contributed by atoms with Crippen LogP contribution in [-0.4, -0.2) is 56.4 Å². The van der Waals surface area contributed by atoms with Crippen molar-refractivity contribution < 1.29 is 16.8 Å². The summed E-state index contributed by atoms with van der Waals surface area (Å²) in [6.45, 7) is 2.41. The minimum Gasteiger partial charge on any atom is -0.281 e. The Labute approximate surface area is 119 Å². The van der Waals surface area contributed by atoms with Crippen molar-refractivity contribution in [3.05, 3.63) is 11.9 Å². The van der Waals surface area contributed by atoms with Crippen LogP contribution >= 0.6 is 0 Å². The average Bonchev–Trinajstić information content (AvgIpc) is 2.88. The summed E-state index contributed by atoms with van der Waals surface area (Å²) in [5.74, 6) is -0.0981. The van der Waals surface area contributed by atoms with Crippen molar-refractivity contribution >= 4 is 19.9 Å². The molecule has 0 radical (unpaired) electrons. The van der Waals surface area contributed by atoms with Crippen molar-refractivity contribution in [2.45, 2.75) is 30.6 Å². The van der Waals surface area contributed by atoms with Crippen molar-refractivity contribution in [1.29, 1.82) is 0 Å². The van der Waals surface area contributed by atoms with Crippen LogP contribution in [0.3, 0.4) is 0 Å². The van der Waals surface area contributed by atoms with E-state index in [0.29, 0.717) is 25.2 Å². The van der Waals surface area contributed by atoms with E-state index >= 15 is 0 Å². The van der Waals surface area contributed by atoms with Crippen molar-refractivity contribution in [2.75, 3.05) is 25.1 Å². The lowest BCUT2D eigenvalue weighted by atomic mass is 9.96. The number of sulfone groups is 1. The van der Waals surface area contributed by atoms with Crippen LogP contribution in [0.25, 0.3) is 0 Å². The molecule has 0 amide bonds. The highest BCUT2D eigenvalue weighted by Gasteiger charge is 2.31. The monoisotopic (exact) mass is 321 g/mol. The largest absolute Gasteiger partial charge is 0.281 e.